The highest BCUT2D eigenvalue weighted by molar-refractivity contribution is 6.38. The number of allylic oxidation sites excluding steroid dienone is 1. The summed E-state index contributed by atoms with van der Waals surface area (Å²) in [5, 5.41) is 49.7. The molecular formula is C40H43NO10. The summed E-state index contributed by atoms with van der Waals surface area (Å²) in [5.74, 6) is -0.949. The van der Waals surface area contributed by atoms with Crippen LogP contribution in [0.2, 0.25) is 0 Å². The maximum atomic E-state index is 14.9. The molecule has 0 atom stereocenters. The van der Waals surface area contributed by atoms with E-state index in [1.54, 1.807) is 6.07 Å². The SMILES string of the molecule is COc1c(O)c2c(=O)cc(CO)c3c4c(CO)cc(NCCCCCOC=O)c5c(=O)c(CCCCCCC(=O)O)c6c(c(c1CC(C)=C6)c23)c54. The Bertz CT molecular complexity index is 2290. The number of nitrogens with one attached hydrogen (secondary N) is 1. The summed E-state index contributed by atoms with van der Waals surface area (Å²) >= 11 is 0. The van der Waals surface area contributed by atoms with Crippen LogP contribution in [0.1, 0.15) is 86.1 Å². The van der Waals surface area contributed by atoms with Crippen molar-refractivity contribution in [3.05, 3.63) is 66.0 Å². The zero-order valence-electron chi connectivity index (χ0n) is 28.9. The first-order valence-electron chi connectivity index (χ1n) is 17.5. The molecular weight excluding hydrogens is 654 g/mol. The Balaban J connectivity index is 1.71. The Morgan fingerprint density at radius 1 is 0.863 bits per heavy atom. The number of carboxylic acids is 1. The van der Waals surface area contributed by atoms with Crippen molar-refractivity contribution in [3.8, 4) is 11.5 Å². The molecule has 5 aromatic carbocycles. The lowest BCUT2D eigenvalue weighted by Gasteiger charge is -2.25. The molecule has 0 saturated carbocycles. The van der Waals surface area contributed by atoms with Gasteiger partial charge in [-0.05, 0) is 102 Å². The summed E-state index contributed by atoms with van der Waals surface area (Å²) in [7, 11) is 1.45. The molecule has 0 unspecified atom stereocenters. The minimum absolute atomic E-state index is 0.0536. The van der Waals surface area contributed by atoms with E-state index in [0.29, 0.717) is 124 Å². The Morgan fingerprint density at radius 3 is 2.24 bits per heavy atom. The number of aliphatic hydroxyl groups is 2. The molecule has 1 aliphatic rings. The van der Waals surface area contributed by atoms with Crippen LogP contribution >= 0.6 is 0 Å². The number of unbranched alkanes of at least 4 members (excludes halogenated alkanes) is 5. The van der Waals surface area contributed by atoms with Crippen molar-refractivity contribution < 1.29 is 39.5 Å². The number of ether oxygens (including phenoxy) is 2. The highest BCUT2D eigenvalue weighted by Crippen LogP contribution is 2.53. The first-order valence-corrected chi connectivity index (χ1v) is 17.5. The van der Waals surface area contributed by atoms with Gasteiger partial charge in [-0.1, -0.05) is 24.5 Å². The van der Waals surface area contributed by atoms with Crippen LogP contribution in [0.3, 0.4) is 0 Å². The third kappa shape index (κ3) is 6.29. The summed E-state index contributed by atoms with van der Waals surface area (Å²) in [6.07, 6.45) is 7.75. The van der Waals surface area contributed by atoms with Crippen LogP contribution in [0.5, 0.6) is 11.5 Å². The number of phenols is 1. The highest BCUT2D eigenvalue weighted by atomic mass is 16.5. The maximum absolute atomic E-state index is 14.9. The number of rotatable bonds is 18. The van der Waals surface area contributed by atoms with Crippen LogP contribution in [-0.2, 0) is 40.4 Å². The number of carbonyl (C=O) groups is 2. The monoisotopic (exact) mass is 697 g/mol. The highest BCUT2D eigenvalue weighted by Gasteiger charge is 2.32. The van der Waals surface area contributed by atoms with Crippen molar-refractivity contribution in [2.24, 2.45) is 0 Å². The number of anilines is 1. The van der Waals surface area contributed by atoms with E-state index in [2.05, 4.69) is 5.32 Å². The smallest absolute Gasteiger partial charge is 0.303 e. The van der Waals surface area contributed by atoms with Gasteiger partial charge in [0.05, 0.1) is 37.7 Å². The standard InChI is InChI=1S/C40H43NO10/c1-21-14-25-24(10-6-3-4-7-11-29(46)47)38(48)34-27(41-12-8-5-9-13-51-20-44)16-22(18-42)30-31-23(19-43)17-28(45)35-37(31)33(32(25)36(30)34)26(15-21)40(50-2)39(35)49/h14,16-17,20,41-43,49H,3-13,15,18-19H2,1-2H3,(H,46,47). The van der Waals surface area contributed by atoms with Gasteiger partial charge in [0.1, 0.15) is 0 Å². The van der Waals surface area contributed by atoms with Crippen molar-refractivity contribution in [3.63, 3.8) is 0 Å². The van der Waals surface area contributed by atoms with Crippen molar-refractivity contribution in [2.45, 2.75) is 84.3 Å². The first kappa shape index (κ1) is 35.8. The van der Waals surface area contributed by atoms with Crippen molar-refractivity contribution >= 4 is 67.3 Å². The molecule has 268 valence electrons. The zero-order chi connectivity index (χ0) is 36.4. The molecule has 51 heavy (non-hydrogen) atoms. The minimum atomic E-state index is -0.837. The Hall–Kier alpha value is -5.00. The second-order valence-corrected chi connectivity index (χ2v) is 13.4. The average molecular weight is 698 g/mol. The summed E-state index contributed by atoms with van der Waals surface area (Å²) in [6, 6.07) is 3.07. The molecule has 5 aromatic rings. The minimum Gasteiger partial charge on any atom is -0.504 e. The molecule has 11 nitrogen and oxygen atoms in total. The molecule has 0 aromatic heterocycles. The van der Waals surface area contributed by atoms with E-state index in [0.717, 1.165) is 30.2 Å². The van der Waals surface area contributed by atoms with Crippen LogP contribution in [0.4, 0.5) is 5.69 Å². The second-order valence-electron chi connectivity index (χ2n) is 13.4. The van der Waals surface area contributed by atoms with Crippen LogP contribution in [0.15, 0.2) is 27.3 Å². The Labute approximate surface area is 293 Å². The van der Waals surface area contributed by atoms with Crippen LogP contribution in [0.25, 0.3) is 49.2 Å². The molecule has 11 heteroatoms. The van der Waals surface area contributed by atoms with Gasteiger partial charge in [-0.2, -0.15) is 0 Å². The number of methoxy groups -OCH3 is 1. The molecule has 1 aliphatic carbocycles. The predicted molar refractivity (Wildman–Crippen MR) is 198 cm³/mol. The molecule has 0 amide bonds. The fourth-order valence-electron chi connectivity index (χ4n) is 8.06. The number of aliphatic hydroxyl groups excluding tert-OH is 2. The van der Waals surface area contributed by atoms with Gasteiger partial charge in [-0.3, -0.25) is 19.2 Å². The molecule has 0 spiro atoms. The third-order valence-electron chi connectivity index (χ3n) is 10.2. The normalized spacial score (nSPS) is 12.7. The lowest BCUT2D eigenvalue weighted by Crippen LogP contribution is -2.17. The summed E-state index contributed by atoms with van der Waals surface area (Å²) in [5.41, 5.74) is 3.64. The number of aliphatic carboxylic acids is 1. The number of aromatic hydroxyl groups is 1. The van der Waals surface area contributed by atoms with Crippen LogP contribution in [0, 0.1) is 0 Å². The summed E-state index contributed by atoms with van der Waals surface area (Å²) in [6.45, 7) is 2.33. The van der Waals surface area contributed by atoms with E-state index in [9.17, 15) is 34.5 Å². The molecule has 6 rings (SSSR count). The number of carbonyl (C=O) groups excluding carboxylic acids is 1. The molecule has 0 aliphatic heterocycles. The quantitative estimate of drug-likeness (QED) is 0.0319. The number of phenolic OH excluding ortho intramolecular Hbond substituents is 1. The van der Waals surface area contributed by atoms with Gasteiger partial charge in [-0.15, -0.1) is 0 Å². The van der Waals surface area contributed by atoms with E-state index in [4.69, 9.17) is 14.6 Å². The zero-order valence-corrected chi connectivity index (χ0v) is 28.9. The lowest BCUT2D eigenvalue weighted by molar-refractivity contribution is -0.137. The fourth-order valence-corrected chi connectivity index (χ4v) is 8.06. The van der Waals surface area contributed by atoms with Gasteiger partial charge in [0.15, 0.2) is 22.4 Å². The number of carboxylic acid groups (broad SMARTS) is 1. The van der Waals surface area contributed by atoms with Crippen molar-refractivity contribution in [1.82, 2.24) is 0 Å². The topological polar surface area (TPSA) is 180 Å². The van der Waals surface area contributed by atoms with Gasteiger partial charge >= 0.3 is 5.97 Å². The van der Waals surface area contributed by atoms with Crippen molar-refractivity contribution in [2.75, 3.05) is 25.6 Å². The summed E-state index contributed by atoms with van der Waals surface area (Å²) < 4.78 is 10.6. The maximum Gasteiger partial charge on any atom is 0.303 e. The van der Waals surface area contributed by atoms with Gasteiger partial charge in [0, 0.05) is 40.6 Å². The summed E-state index contributed by atoms with van der Waals surface area (Å²) in [4.78, 5) is 50.3. The number of hydrogen-bond donors (Lipinski definition) is 5. The largest absolute Gasteiger partial charge is 0.504 e. The molecule has 0 radical (unpaired) electrons. The van der Waals surface area contributed by atoms with Crippen LogP contribution < -0.4 is 20.9 Å². The molecule has 0 bridgehead atoms. The number of benzene rings is 5. The van der Waals surface area contributed by atoms with Gasteiger partial charge in [-0.25, -0.2) is 0 Å². The number of hydrogen-bond acceptors (Lipinski definition) is 10. The predicted octanol–water partition coefficient (Wildman–Crippen LogP) is 5.89. The first-order chi connectivity index (χ1) is 24.7. The van der Waals surface area contributed by atoms with Gasteiger partial charge < -0.3 is 35.2 Å². The van der Waals surface area contributed by atoms with E-state index in [1.807, 2.05) is 13.0 Å². The lowest BCUT2D eigenvalue weighted by atomic mass is 9.80. The molecule has 0 heterocycles. The second kappa shape index (κ2) is 15.1. The molecule has 0 saturated heterocycles. The van der Waals surface area contributed by atoms with E-state index >= 15 is 0 Å². The van der Waals surface area contributed by atoms with E-state index < -0.39 is 24.6 Å². The van der Waals surface area contributed by atoms with Gasteiger partial charge in [0.25, 0.3) is 6.47 Å². The Morgan fingerprint density at radius 2 is 1.55 bits per heavy atom. The fraction of sp³-hybridized carbons (Fsp3) is 0.400. The van der Waals surface area contributed by atoms with Crippen molar-refractivity contribution in [1.29, 1.82) is 0 Å². The molecule has 5 N–H and O–H groups in total. The van der Waals surface area contributed by atoms with E-state index in [-0.39, 0.29) is 28.7 Å². The third-order valence-corrected chi connectivity index (χ3v) is 10.2. The number of fused-ring (bicyclic) bond motifs is 1. The molecule has 0 fully saturated rings. The van der Waals surface area contributed by atoms with Gasteiger partial charge in [0.2, 0.25) is 0 Å². The average Bonchev–Trinajstić information content (AvgIpc) is 3.26. The van der Waals surface area contributed by atoms with Crippen LogP contribution in [-0.4, -0.2) is 53.1 Å². The van der Waals surface area contributed by atoms with E-state index in [1.165, 1.54) is 13.2 Å². The Kier molecular flexibility index (Phi) is 10.6.